The summed E-state index contributed by atoms with van der Waals surface area (Å²) in [6.07, 6.45) is 1.12. The smallest absolute Gasteiger partial charge is 0.759 e. The molecule has 0 fully saturated rings. The Labute approximate surface area is 89.3 Å². The molecule has 0 amide bonds. The van der Waals surface area contributed by atoms with E-state index in [0.29, 0.717) is 12.2 Å². The Kier molecular flexibility index (Phi) is 11.6. The second kappa shape index (κ2) is 8.66. The van der Waals surface area contributed by atoms with Crippen LogP contribution in [-0.4, -0.2) is 39.7 Å². The Morgan fingerprint density at radius 3 is 1.21 bits per heavy atom. The van der Waals surface area contributed by atoms with Gasteiger partial charge in [-0.1, -0.05) is 0 Å². The first kappa shape index (κ1) is 18.8. The van der Waals surface area contributed by atoms with Crippen LogP contribution < -0.4 is 0 Å². The second-order valence-corrected chi connectivity index (χ2v) is 2.23. The van der Waals surface area contributed by atoms with Gasteiger partial charge in [-0.2, -0.15) is 0 Å². The van der Waals surface area contributed by atoms with Crippen LogP contribution in [0.15, 0.2) is 12.2 Å². The van der Waals surface area contributed by atoms with Crippen molar-refractivity contribution in [2.24, 2.45) is 0 Å². The van der Waals surface area contributed by atoms with E-state index in [1.165, 1.54) is 0 Å². The van der Waals surface area contributed by atoms with E-state index in [0.717, 1.165) is 0 Å². The van der Waals surface area contributed by atoms with Crippen molar-refractivity contribution in [3.05, 3.63) is 12.2 Å². The van der Waals surface area contributed by atoms with Crippen LogP contribution in [0.2, 0.25) is 0 Å². The predicted molar refractivity (Wildman–Crippen MR) is 34.9 cm³/mol. The van der Waals surface area contributed by atoms with Crippen LogP contribution in [0.25, 0.3) is 0 Å². The Hall–Kier alpha value is -0.931. The van der Waals surface area contributed by atoms with E-state index in [2.05, 4.69) is 0 Å². The molecule has 8 nitrogen and oxygen atoms in total. The third-order valence-electron chi connectivity index (χ3n) is 0.368. The average molecular weight is 267 g/mol. The molecular weight excluding hydrogens is 263 g/mol. The molecule has 0 aliphatic rings. The second-order valence-electron chi connectivity index (χ2n) is 1.42. The molecule has 2 N–H and O–H groups in total. The summed E-state index contributed by atoms with van der Waals surface area (Å²) in [5, 5.41) is 15.6. The van der Waals surface area contributed by atoms with Crippen LogP contribution in [0, 0.1) is 0 Å². The van der Waals surface area contributed by atoms with Crippen LogP contribution in [-0.2, 0) is 37.1 Å². The molecule has 0 heterocycles. The quantitative estimate of drug-likeness (QED) is 0.261. The largest absolute Gasteiger partial charge is 2.00 e. The summed E-state index contributed by atoms with van der Waals surface area (Å²) in [4.78, 5) is 19.1. The molecule has 10 heteroatoms. The van der Waals surface area contributed by atoms with Crippen molar-refractivity contribution < 1.29 is 54.4 Å². The number of rotatable bonds is 2. The minimum Gasteiger partial charge on any atom is -0.759 e. The van der Waals surface area contributed by atoms with Crippen LogP contribution in [0.4, 0.5) is 0 Å². The maximum absolute atomic E-state index is 9.55. The minimum atomic E-state index is -5.17. The van der Waals surface area contributed by atoms with E-state index < -0.39 is 22.3 Å². The number of aliphatic carboxylic acids is 2. The summed E-state index contributed by atoms with van der Waals surface area (Å²) in [6, 6.07) is 0. The first-order valence-corrected chi connectivity index (χ1v) is 3.77. The molecule has 0 spiro atoms. The molecule has 0 aromatic carbocycles. The molecule has 0 saturated heterocycles. The first-order valence-electron chi connectivity index (χ1n) is 2.43. The Bertz CT molecular complexity index is 279. The van der Waals surface area contributed by atoms with Gasteiger partial charge in [-0.15, -0.1) is 0 Å². The molecule has 0 unspecified atom stereocenters. The molecule has 0 saturated carbocycles. The fraction of sp³-hybridized carbons (Fsp3) is 0. The number of hydrogen-bond acceptors (Lipinski definition) is 6. The maximum Gasteiger partial charge on any atom is 2.00 e. The van der Waals surface area contributed by atoms with Gasteiger partial charge in [0.05, 0.1) is 0 Å². The molecule has 0 bridgehead atoms. The standard InChI is InChI=1S/C4H4O4.Mn.H2O4S/c5-3(6)1-2-4(7)8;;1-5(2,3)4/h1-2H,(H,5,6)(H,7,8);;(H2,1,2,3,4)/q;+2;/p-2/b2-1-;;. The van der Waals surface area contributed by atoms with Gasteiger partial charge < -0.3 is 19.3 Å². The molecule has 0 atom stereocenters. The van der Waals surface area contributed by atoms with Gasteiger partial charge in [-0.3, -0.25) is 8.42 Å². The van der Waals surface area contributed by atoms with Gasteiger partial charge in [0, 0.05) is 22.6 Å². The summed E-state index contributed by atoms with van der Waals surface area (Å²) in [6.45, 7) is 0. The van der Waals surface area contributed by atoms with E-state index in [4.69, 9.17) is 27.7 Å². The summed E-state index contributed by atoms with van der Waals surface area (Å²) in [5.41, 5.74) is 0. The minimum absolute atomic E-state index is 0. The molecule has 81 valence electrons. The van der Waals surface area contributed by atoms with Crippen molar-refractivity contribution in [2.75, 3.05) is 0 Å². The monoisotopic (exact) mass is 267 g/mol. The maximum atomic E-state index is 9.55. The Morgan fingerprint density at radius 1 is 1.00 bits per heavy atom. The first-order chi connectivity index (χ1) is 5.63. The number of carboxylic acids is 2. The zero-order valence-electron chi connectivity index (χ0n) is 6.28. The number of hydrogen-bond donors (Lipinski definition) is 2. The molecule has 0 rings (SSSR count). The summed E-state index contributed by atoms with van der Waals surface area (Å²) in [5.74, 6) is -2.51. The van der Waals surface area contributed by atoms with Crippen molar-refractivity contribution in [1.82, 2.24) is 0 Å². The van der Waals surface area contributed by atoms with Gasteiger partial charge in [-0.25, -0.2) is 9.59 Å². The van der Waals surface area contributed by atoms with E-state index in [9.17, 15) is 9.59 Å². The zero-order chi connectivity index (χ0) is 11.1. The summed E-state index contributed by atoms with van der Waals surface area (Å²) in [7, 11) is -5.17. The number of carboxylic acid groups (broad SMARTS) is 2. The van der Waals surface area contributed by atoms with Gasteiger partial charge in [-0.05, 0) is 0 Å². The average Bonchev–Trinajstić information content (AvgIpc) is 1.79. The van der Waals surface area contributed by atoms with Gasteiger partial charge in [0.25, 0.3) is 0 Å². The predicted octanol–water partition coefficient (Wildman–Crippen LogP) is -1.63. The summed E-state index contributed by atoms with van der Waals surface area (Å²) < 4.78 is 34.1. The molecular formula is C4H4MnO8S. The molecule has 0 aromatic rings. The van der Waals surface area contributed by atoms with Gasteiger partial charge >= 0.3 is 29.0 Å². The normalized spacial score (nSPS) is 9.57. The fourth-order valence-electron chi connectivity index (χ4n) is 0.143. The molecule has 0 aromatic heterocycles. The van der Waals surface area contributed by atoms with Crippen molar-refractivity contribution >= 4 is 22.3 Å². The van der Waals surface area contributed by atoms with E-state index >= 15 is 0 Å². The SMILES string of the molecule is O=C(O)/C=C\C(=O)O.O=S(=O)([O-])[O-].[Mn+2]. The molecule has 0 aliphatic heterocycles. The Balaban J connectivity index is -0.000000177. The van der Waals surface area contributed by atoms with Crippen LogP contribution in [0.3, 0.4) is 0 Å². The van der Waals surface area contributed by atoms with Crippen molar-refractivity contribution in [3.63, 3.8) is 0 Å². The molecule has 14 heavy (non-hydrogen) atoms. The molecule has 1 radical (unpaired) electrons. The van der Waals surface area contributed by atoms with Crippen molar-refractivity contribution in [2.45, 2.75) is 0 Å². The van der Waals surface area contributed by atoms with Crippen molar-refractivity contribution in [3.8, 4) is 0 Å². The topological polar surface area (TPSA) is 155 Å². The van der Waals surface area contributed by atoms with E-state index in [-0.39, 0.29) is 17.1 Å². The van der Waals surface area contributed by atoms with Gasteiger partial charge in [0.1, 0.15) is 0 Å². The van der Waals surface area contributed by atoms with Gasteiger partial charge in [0.15, 0.2) is 0 Å². The van der Waals surface area contributed by atoms with Gasteiger partial charge in [0.2, 0.25) is 0 Å². The van der Waals surface area contributed by atoms with Crippen LogP contribution in [0.1, 0.15) is 0 Å². The Morgan fingerprint density at radius 2 is 1.14 bits per heavy atom. The van der Waals surface area contributed by atoms with Crippen LogP contribution >= 0.6 is 0 Å². The van der Waals surface area contributed by atoms with Crippen molar-refractivity contribution in [1.29, 1.82) is 0 Å². The fourth-order valence-corrected chi connectivity index (χ4v) is 0.143. The summed E-state index contributed by atoms with van der Waals surface area (Å²) >= 11 is 0. The third-order valence-corrected chi connectivity index (χ3v) is 0.368. The van der Waals surface area contributed by atoms with E-state index in [1.54, 1.807) is 0 Å². The number of carbonyl (C=O) groups is 2. The third kappa shape index (κ3) is 67.8. The zero-order valence-corrected chi connectivity index (χ0v) is 8.28. The van der Waals surface area contributed by atoms with E-state index in [1.807, 2.05) is 0 Å². The van der Waals surface area contributed by atoms with Crippen LogP contribution in [0.5, 0.6) is 0 Å². The molecule has 0 aliphatic carbocycles.